The first-order valence-corrected chi connectivity index (χ1v) is 5.89. The molecule has 1 fully saturated rings. The molecule has 0 spiro atoms. The van der Waals surface area contributed by atoms with Crippen molar-refractivity contribution in [1.82, 2.24) is 10.2 Å². The highest BCUT2D eigenvalue weighted by Crippen LogP contribution is 2.13. The SMILES string of the molecule is COC(=O)NC1CCN(C(=O)CC(C)CN)C1. The van der Waals surface area contributed by atoms with Crippen molar-refractivity contribution in [1.29, 1.82) is 0 Å². The highest BCUT2D eigenvalue weighted by atomic mass is 16.5. The summed E-state index contributed by atoms with van der Waals surface area (Å²) in [5.74, 6) is 0.312. The van der Waals surface area contributed by atoms with Crippen LogP contribution >= 0.6 is 0 Å². The molecule has 1 saturated heterocycles. The van der Waals surface area contributed by atoms with Crippen LogP contribution in [0, 0.1) is 5.92 Å². The molecular formula is C11H21N3O3. The maximum Gasteiger partial charge on any atom is 0.407 e. The summed E-state index contributed by atoms with van der Waals surface area (Å²) in [6.07, 6.45) is 0.805. The summed E-state index contributed by atoms with van der Waals surface area (Å²) in [6.45, 7) is 3.72. The largest absolute Gasteiger partial charge is 0.453 e. The average molecular weight is 243 g/mol. The number of amides is 2. The van der Waals surface area contributed by atoms with Crippen molar-refractivity contribution in [3.63, 3.8) is 0 Å². The number of nitrogens with one attached hydrogen (secondary N) is 1. The van der Waals surface area contributed by atoms with Crippen molar-refractivity contribution in [3.8, 4) is 0 Å². The Hall–Kier alpha value is -1.30. The second-order valence-corrected chi connectivity index (χ2v) is 4.51. The molecule has 0 aromatic carbocycles. The average Bonchev–Trinajstić information content (AvgIpc) is 2.77. The van der Waals surface area contributed by atoms with E-state index in [1.165, 1.54) is 7.11 Å². The van der Waals surface area contributed by atoms with Crippen LogP contribution in [0.4, 0.5) is 4.79 Å². The number of carbonyl (C=O) groups excluding carboxylic acids is 2. The number of nitrogens with two attached hydrogens (primary N) is 1. The summed E-state index contributed by atoms with van der Waals surface area (Å²) in [6, 6.07) is -0.000386. The van der Waals surface area contributed by atoms with Crippen molar-refractivity contribution in [2.75, 3.05) is 26.7 Å². The van der Waals surface area contributed by atoms with E-state index in [1.807, 2.05) is 6.92 Å². The van der Waals surface area contributed by atoms with E-state index in [1.54, 1.807) is 4.90 Å². The van der Waals surface area contributed by atoms with E-state index in [2.05, 4.69) is 10.1 Å². The molecule has 6 heteroatoms. The van der Waals surface area contributed by atoms with Gasteiger partial charge in [0, 0.05) is 19.5 Å². The summed E-state index contributed by atoms with van der Waals surface area (Å²) >= 11 is 0. The number of alkyl carbamates (subject to hydrolysis) is 1. The van der Waals surface area contributed by atoms with E-state index in [0.29, 0.717) is 26.1 Å². The van der Waals surface area contributed by atoms with Crippen LogP contribution < -0.4 is 11.1 Å². The second kappa shape index (κ2) is 6.44. The van der Waals surface area contributed by atoms with Gasteiger partial charge in [-0.1, -0.05) is 6.92 Å². The highest BCUT2D eigenvalue weighted by Gasteiger charge is 2.27. The van der Waals surface area contributed by atoms with Gasteiger partial charge in [-0.2, -0.15) is 0 Å². The number of nitrogens with zero attached hydrogens (tertiary/aromatic N) is 1. The Bertz CT molecular complexity index is 283. The molecule has 98 valence electrons. The Kier molecular flexibility index (Phi) is 5.21. The molecule has 0 radical (unpaired) electrons. The van der Waals surface area contributed by atoms with Crippen LogP contribution in [0.3, 0.4) is 0 Å². The molecular weight excluding hydrogens is 222 g/mol. The zero-order valence-electron chi connectivity index (χ0n) is 10.4. The minimum atomic E-state index is -0.445. The van der Waals surface area contributed by atoms with Gasteiger partial charge in [-0.25, -0.2) is 4.79 Å². The summed E-state index contributed by atoms with van der Waals surface area (Å²) in [5, 5.41) is 2.70. The third-order valence-corrected chi connectivity index (χ3v) is 2.97. The molecule has 0 saturated carbocycles. The molecule has 1 aliphatic heterocycles. The van der Waals surface area contributed by atoms with Crippen molar-refractivity contribution < 1.29 is 14.3 Å². The zero-order chi connectivity index (χ0) is 12.8. The number of likely N-dealkylation sites (tertiary alicyclic amines) is 1. The van der Waals surface area contributed by atoms with E-state index >= 15 is 0 Å². The van der Waals surface area contributed by atoms with E-state index in [9.17, 15) is 9.59 Å². The van der Waals surface area contributed by atoms with Gasteiger partial charge in [-0.15, -0.1) is 0 Å². The van der Waals surface area contributed by atoms with Gasteiger partial charge < -0.3 is 20.7 Å². The van der Waals surface area contributed by atoms with E-state index in [-0.39, 0.29) is 17.9 Å². The quantitative estimate of drug-likeness (QED) is 0.723. The molecule has 1 rings (SSSR count). The Morgan fingerprint density at radius 3 is 2.88 bits per heavy atom. The fourth-order valence-electron chi connectivity index (χ4n) is 1.84. The molecule has 0 aromatic rings. The fraction of sp³-hybridized carbons (Fsp3) is 0.818. The van der Waals surface area contributed by atoms with Crippen molar-refractivity contribution in [2.45, 2.75) is 25.8 Å². The number of hydrogen-bond donors (Lipinski definition) is 2. The molecule has 3 N–H and O–H groups in total. The van der Waals surface area contributed by atoms with E-state index in [0.717, 1.165) is 6.42 Å². The summed E-state index contributed by atoms with van der Waals surface area (Å²) < 4.78 is 4.52. The molecule has 6 nitrogen and oxygen atoms in total. The summed E-state index contributed by atoms with van der Waals surface area (Å²) in [7, 11) is 1.33. The van der Waals surface area contributed by atoms with Crippen LogP contribution in [0.5, 0.6) is 0 Å². The van der Waals surface area contributed by atoms with Crippen LogP contribution in [0.1, 0.15) is 19.8 Å². The maximum atomic E-state index is 11.8. The van der Waals surface area contributed by atoms with E-state index in [4.69, 9.17) is 5.73 Å². The van der Waals surface area contributed by atoms with Gasteiger partial charge in [-0.3, -0.25) is 4.79 Å². The Morgan fingerprint density at radius 1 is 1.59 bits per heavy atom. The first-order chi connectivity index (χ1) is 8.06. The first-order valence-electron chi connectivity index (χ1n) is 5.89. The third-order valence-electron chi connectivity index (χ3n) is 2.97. The van der Waals surface area contributed by atoms with Crippen molar-refractivity contribution >= 4 is 12.0 Å². The molecule has 1 aliphatic rings. The lowest BCUT2D eigenvalue weighted by Gasteiger charge is -2.18. The lowest BCUT2D eigenvalue weighted by Crippen LogP contribution is -2.38. The van der Waals surface area contributed by atoms with Gasteiger partial charge in [0.15, 0.2) is 0 Å². The lowest BCUT2D eigenvalue weighted by molar-refractivity contribution is -0.131. The molecule has 2 amide bonds. The van der Waals surface area contributed by atoms with Gasteiger partial charge in [0.2, 0.25) is 5.91 Å². The molecule has 0 aliphatic carbocycles. The Balaban J connectivity index is 2.34. The van der Waals surface area contributed by atoms with Crippen LogP contribution in [0.15, 0.2) is 0 Å². The molecule has 1 heterocycles. The molecule has 0 aromatic heterocycles. The van der Waals surface area contributed by atoms with Gasteiger partial charge in [0.25, 0.3) is 0 Å². The van der Waals surface area contributed by atoms with Crippen LogP contribution in [-0.2, 0) is 9.53 Å². The molecule has 2 unspecified atom stereocenters. The first kappa shape index (κ1) is 13.8. The Labute approximate surface area is 101 Å². The summed E-state index contributed by atoms with van der Waals surface area (Å²) in [4.78, 5) is 24.6. The summed E-state index contributed by atoms with van der Waals surface area (Å²) in [5.41, 5.74) is 5.49. The predicted molar refractivity (Wildman–Crippen MR) is 63.4 cm³/mol. The fourth-order valence-corrected chi connectivity index (χ4v) is 1.84. The van der Waals surface area contributed by atoms with Crippen molar-refractivity contribution in [3.05, 3.63) is 0 Å². The number of rotatable bonds is 4. The zero-order valence-corrected chi connectivity index (χ0v) is 10.4. The number of ether oxygens (including phenoxy) is 1. The highest BCUT2D eigenvalue weighted by molar-refractivity contribution is 5.77. The molecule has 17 heavy (non-hydrogen) atoms. The van der Waals surface area contributed by atoms with Gasteiger partial charge in [0.1, 0.15) is 0 Å². The minimum absolute atomic E-state index is 0.000386. The predicted octanol–water partition coefficient (Wildman–Crippen LogP) is -0.0718. The molecule has 2 atom stereocenters. The minimum Gasteiger partial charge on any atom is -0.453 e. The number of hydrogen-bond acceptors (Lipinski definition) is 4. The number of methoxy groups -OCH3 is 1. The molecule has 0 bridgehead atoms. The number of carbonyl (C=O) groups is 2. The lowest BCUT2D eigenvalue weighted by atomic mass is 10.1. The normalized spacial score (nSPS) is 21.1. The standard InChI is InChI=1S/C11H21N3O3/c1-8(6-12)5-10(15)14-4-3-9(7-14)13-11(16)17-2/h8-9H,3-7,12H2,1-2H3,(H,13,16). The van der Waals surface area contributed by atoms with E-state index < -0.39 is 6.09 Å². The van der Waals surface area contributed by atoms with Crippen LogP contribution in [0.25, 0.3) is 0 Å². The van der Waals surface area contributed by atoms with Gasteiger partial charge in [0.05, 0.1) is 13.2 Å². The second-order valence-electron chi connectivity index (χ2n) is 4.51. The van der Waals surface area contributed by atoms with Crippen LogP contribution in [-0.4, -0.2) is 49.7 Å². The Morgan fingerprint density at radius 2 is 2.29 bits per heavy atom. The monoisotopic (exact) mass is 243 g/mol. The van der Waals surface area contributed by atoms with Gasteiger partial charge in [-0.05, 0) is 18.9 Å². The maximum absolute atomic E-state index is 11.8. The van der Waals surface area contributed by atoms with Crippen LogP contribution in [0.2, 0.25) is 0 Å². The topological polar surface area (TPSA) is 84.7 Å². The van der Waals surface area contributed by atoms with Crippen molar-refractivity contribution in [2.24, 2.45) is 11.7 Å². The smallest absolute Gasteiger partial charge is 0.407 e. The third kappa shape index (κ3) is 4.22. The van der Waals surface area contributed by atoms with Gasteiger partial charge >= 0.3 is 6.09 Å².